The number of ether oxygens (including phenoxy) is 1. The highest BCUT2D eigenvalue weighted by Gasteiger charge is 2.00. The quantitative estimate of drug-likeness (QED) is 0.720. The second-order valence-corrected chi connectivity index (χ2v) is 4.45. The third-order valence-electron chi connectivity index (χ3n) is 2.58. The monoisotopic (exact) mass is 250 g/mol. The fourth-order valence-electron chi connectivity index (χ4n) is 1.64. The summed E-state index contributed by atoms with van der Waals surface area (Å²) < 4.78 is 5.55. The van der Waals surface area contributed by atoms with E-state index in [9.17, 15) is 4.79 Å². The van der Waals surface area contributed by atoms with Crippen LogP contribution < -0.4 is 15.8 Å². The van der Waals surface area contributed by atoms with Crippen LogP contribution in [0.3, 0.4) is 0 Å². The molecule has 0 aliphatic heterocycles. The van der Waals surface area contributed by atoms with Crippen molar-refractivity contribution in [3.05, 3.63) is 29.8 Å². The Bertz CT molecular complexity index is 361. The number of rotatable bonds is 7. The van der Waals surface area contributed by atoms with Gasteiger partial charge >= 0.3 is 0 Å². The zero-order chi connectivity index (χ0) is 13.4. The predicted molar refractivity (Wildman–Crippen MR) is 72.6 cm³/mol. The maximum absolute atomic E-state index is 11.0. The Morgan fingerprint density at radius 3 is 2.61 bits per heavy atom. The molecular formula is C14H22N2O2. The molecular weight excluding hydrogens is 228 g/mol. The van der Waals surface area contributed by atoms with Crippen molar-refractivity contribution >= 4 is 5.91 Å². The highest BCUT2D eigenvalue weighted by Crippen LogP contribution is 2.13. The van der Waals surface area contributed by atoms with Gasteiger partial charge in [0.1, 0.15) is 5.75 Å². The number of nitrogens with two attached hydrogens (primary N) is 1. The molecule has 1 atom stereocenters. The van der Waals surface area contributed by atoms with E-state index >= 15 is 0 Å². The molecule has 1 unspecified atom stereocenters. The first kappa shape index (κ1) is 14.5. The minimum absolute atomic E-state index is 0.0471. The molecule has 0 aromatic heterocycles. The highest BCUT2D eigenvalue weighted by atomic mass is 16.5. The minimum atomic E-state index is 0.0471. The lowest BCUT2D eigenvalue weighted by atomic mass is 10.1. The summed E-state index contributed by atoms with van der Waals surface area (Å²) >= 11 is 0. The van der Waals surface area contributed by atoms with E-state index in [-0.39, 0.29) is 11.9 Å². The Labute approximate surface area is 109 Å². The summed E-state index contributed by atoms with van der Waals surface area (Å²) in [7, 11) is 1.64. The molecule has 18 heavy (non-hydrogen) atoms. The van der Waals surface area contributed by atoms with E-state index in [2.05, 4.69) is 5.32 Å². The third kappa shape index (κ3) is 5.68. The van der Waals surface area contributed by atoms with Gasteiger partial charge in [0.05, 0.1) is 6.61 Å². The summed E-state index contributed by atoms with van der Waals surface area (Å²) in [6.07, 6.45) is 2.09. The van der Waals surface area contributed by atoms with Crippen LogP contribution in [-0.2, 0) is 11.2 Å². The van der Waals surface area contributed by atoms with E-state index in [0.717, 1.165) is 18.6 Å². The number of hydrogen-bond donors (Lipinski definition) is 2. The van der Waals surface area contributed by atoms with Crippen LogP contribution in [0.15, 0.2) is 24.3 Å². The van der Waals surface area contributed by atoms with Crippen molar-refractivity contribution < 1.29 is 9.53 Å². The average molecular weight is 250 g/mol. The molecule has 1 rings (SSSR count). The van der Waals surface area contributed by atoms with Crippen molar-refractivity contribution in [1.29, 1.82) is 0 Å². The molecule has 1 aromatic rings. The molecule has 0 heterocycles. The van der Waals surface area contributed by atoms with Crippen molar-refractivity contribution in [3.8, 4) is 5.75 Å². The normalized spacial score (nSPS) is 11.9. The van der Waals surface area contributed by atoms with Crippen LogP contribution in [0.25, 0.3) is 0 Å². The van der Waals surface area contributed by atoms with Crippen LogP contribution in [-0.4, -0.2) is 25.6 Å². The van der Waals surface area contributed by atoms with Gasteiger partial charge in [-0.15, -0.1) is 0 Å². The molecule has 0 aliphatic rings. The van der Waals surface area contributed by atoms with Gasteiger partial charge in [-0.3, -0.25) is 4.79 Å². The summed E-state index contributed by atoms with van der Waals surface area (Å²) in [6, 6.07) is 8.11. The number of nitrogens with one attached hydrogen (secondary N) is 1. The highest BCUT2D eigenvalue weighted by molar-refractivity contribution is 5.75. The van der Waals surface area contributed by atoms with E-state index in [0.29, 0.717) is 13.0 Å². The summed E-state index contributed by atoms with van der Waals surface area (Å²) in [5, 5.41) is 2.58. The first-order valence-corrected chi connectivity index (χ1v) is 6.29. The lowest BCUT2D eigenvalue weighted by Gasteiger charge is -2.08. The lowest BCUT2D eigenvalue weighted by molar-refractivity contribution is -0.120. The van der Waals surface area contributed by atoms with Gasteiger partial charge in [0.15, 0.2) is 0 Å². The Balaban J connectivity index is 2.28. The number of carbonyl (C=O) groups is 1. The van der Waals surface area contributed by atoms with Gasteiger partial charge < -0.3 is 15.8 Å². The predicted octanol–water partition coefficient (Wildman–Crippen LogP) is 1.48. The van der Waals surface area contributed by atoms with Crippen molar-refractivity contribution in [2.24, 2.45) is 5.73 Å². The van der Waals surface area contributed by atoms with Gasteiger partial charge in [-0.25, -0.2) is 0 Å². The van der Waals surface area contributed by atoms with E-state index in [1.54, 1.807) is 7.05 Å². The van der Waals surface area contributed by atoms with E-state index in [1.807, 2.05) is 31.2 Å². The summed E-state index contributed by atoms with van der Waals surface area (Å²) in [4.78, 5) is 11.0. The maximum atomic E-state index is 11.0. The van der Waals surface area contributed by atoms with Crippen LogP contribution in [0.5, 0.6) is 5.75 Å². The molecule has 0 spiro atoms. The molecule has 0 radical (unpaired) electrons. The Morgan fingerprint density at radius 2 is 2.06 bits per heavy atom. The SMILES string of the molecule is CNC(=O)CCCOc1ccc(CC(C)N)cc1. The molecule has 0 fully saturated rings. The first-order chi connectivity index (χ1) is 8.61. The Morgan fingerprint density at radius 1 is 1.39 bits per heavy atom. The maximum Gasteiger partial charge on any atom is 0.219 e. The largest absolute Gasteiger partial charge is 0.494 e. The molecule has 3 N–H and O–H groups in total. The summed E-state index contributed by atoms with van der Waals surface area (Å²) in [6.45, 7) is 2.54. The first-order valence-electron chi connectivity index (χ1n) is 6.29. The molecule has 1 amide bonds. The van der Waals surface area contributed by atoms with Crippen LogP contribution in [0.1, 0.15) is 25.3 Å². The lowest BCUT2D eigenvalue weighted by Crippen LogP contribution is -2.18. The molecule has 0 saturated heterocycles. The molecule has 0 bridgehead atoms. The second kappa shape index (κ2) is 7.71. The average Bonchev–Trinajstić information content (AvgIpc) is 2.35. The Hall–Kier alpha value is -1.55. The fourth-order valence-corrected chi connectivity index (χ4v) is 1.64. The number of benzene rings is 1. The van der Waals surface area contributed by atoms with Crippen molar-refractivity contribution in [2.75, 3.05) is 13.7 Å². The van der Waals surface area contributed by atoms with Gasteiger partial charge in [-0.05, 0) is 37.5 Å². The Kier molecular flexibility index (Phi) is 6.22. The molecule has 100 valence electrons. The van der Waals surface area contributed by atoms with Gasteiger partial charge in [-0.1, -0.05) is 12.1 Å². The molecule has 4 nitrogen and oxygen atoms in total. The van der Waals surface area contributed by atoms with Gasteiger partial charge in [0, 0.05) is 19.5 Å². The van der Waals surface area contributed by atoms with Gasteiger partial charge in [-0.2, -0.15) is 0 Å². The van der Waals surface area contributed by atoms with Crippen LogP contribution in [0, 0.1) is 0 Å². The number of hydrogen-bond acceptors (Lipinski definition) is 3. The van der Waals surface area contributed by atoms with Crippen LogP contribution in [0.4, 0.5) is 0 Å². The standard InChI is InChI=1S/C14H22N2O2/c1-11(15)10-12-5-7-13(8-6-12)18-9-3-4-14(17)16-2/h5-8,11H,3-4,9-10,15H2,1-2H3,(H,16,17). The van der Waals surface area contributed by atoms with Gasteiger partial charge in [0.25, 0.3) is 0 Å². The van der Waals surface area contributed by atoms with Crippen LogP contribution in [0.2, 0.25) is 0 Å². The second-order valence-electron chi connectivity index (χ2n) is 4.45. The smallest absolute Gasteiger partial charge is 0.219 e. The topological polar surface area (TPSA) is 64.3 Å². The molecule has 0 aliphatic carbocycles. The van der Waals surface area contributed by atoms with Gasteiger partial charge in [0.2, 0.25) is 5.91 Å². The minimum Gasteiger partial charge on any atom is -0.494 e. The number of carbonyl (C=O) groups excluding carboxylic acids is 1. The summed E-state index contributed by atoms with van der Waals surface area (Å²) in [5.41, 5.74) is 6.94. The third-order valence-corrected chi connectivity index (χ3v) is 2.58. The number of amides is 1. The van der Waals surface area contributed by atoms with E-state index < -0.39 is 0 Å². The molecule has 1 aromatic carbocycles. The summed E-state index contributed by atoms with van der Waals surface area (Å²) in [5.74, 6) is 0.881. The zero-order valence-electron chi connectivity index (χ0n) is 11.1. The van der Waals surface area contributed by atoms with E-state index in [4.69, 9.17) is 10.5 Å². The fraction of sp³-hybridized carbons (Fsp3) is 0.500. The molecule has 0 saturated carbocycles. The van der Waals surface area contributed by atoms with Crippen molar-refractivity contribution in [3.63, 3.8) is 0 Å². The van der Waals surface area contributed by atoms with Crippen molar-refractivity contribution in [2.45, 2.75) is 32.2 Å². The zero-order valence-corrected chi connectivity index (χ0v) is 11.1. The van der Waals surface area contributed by atoms with Crippen LogP contribution >= 0.6 is 0 Å². The van der Waals surface area contributed by atoms with E-state index in [1.165, 1.54) is 5.56 Å². The molecule has 4 heteroatoms. The van der Waals surface area contributed by atoms with Crippen molar-refractivity contribution in [1.82, 2.24) is 5.32 Å².